The second-order valence-electron chi connectivity index (χ2n) is 10.8. The minimum absolute atomic E-state index is 0.0863. The fourth-order valence-corrected chi connectivity index (χ4v) is 4.89. The van der Waals surface area contributed by atoms with Crippen molar-refractivity contribution in [3.05, 3.63) is 89.5 Å². The molecule has 5 N–H and O–H groups in total. The lowest BCUT2D eigenvalue weighted by Gasteiger charge is -2.22. The van der Waals surface area contributed by atoms with Crippen LogP contribution in [0.15, 0.2) is 72.8 Å². The Bertz CT molecular complexity index is 1440. The molecular formula is C34H40N4O7. The van der Waals surface area contributed by atoms with Crippen LogP contribution in [0.3, 0.4) is 0 Å². The summed E-state index contributed by atoms with van der Waals surface area (Å²) < 4.78 is 11.1. The lowest BCUT2D eigenvalue weighted by molar-refractivity contribution is -0.131. The van der Waals surface area contributed by atoms with Gasteiger partial charge in [0.25, 0.3) is 5.91 Å². The van der Waals surface area contributed by atoms with Gasteiger partial charge in [0.2, 0.25) is 17.7 Å². The molecule has 1 aliphatic rings. The zero-order valence-corrected chi connectivity index (χ0v) is 25.3. The summed E-state index contributed by atoms with van der Waals surface area (Å²) in [6, 6.07) is 18.1. The maximum atomic E-state index is 13.4. The first kappa shape index (κ1) is 32.8. The van der Waals surface area contributed by atoms with Crippen molar-refractivity contribution in [1.29, 1.82) is 0 Å². The van der Waals surface area contributed by atoms with Gasteiger partial charge in [-0.1, -0.05) is 49.2 Å². The second-order valence-corrected chi connectivity index (χ2v) is 10.8. The van der Waals surface area contributed by atoms with Crippen LogP contribution in [0.5, 0.6) is 17.2 Å². The predicted octanol–water partition coefficient (Wildman–Crippen LogP) is 3.00. The van der Waals surface area contributed by atoms with E-state index >= 15 is 0 Å². The summed E-state index contributed by atoms with van der Waals surface area (Å²) in [6.07, 6.45) is 3.01. The lowest BCUT2D eigenvalue weighted by atomic mass is 10.0. The van der Waals surface area contributed by atoms with Crippen LogP contribution in [0.2, 0.25) is 0 Å². The number of hydrogen-bond donors (Lipinski definition) is 5. The van der Waals surface area contributed by atoms with E-state index in [0.29, 0.717) is 24.7 Å². The number of rotatable bonds is 6. The Morgan fingerprint density at radius 3 is 2.38 bits per heavy atom. The molecule has 0 spiro atoms. The number of nitrogens with one attached hydrogen (secondary N) is 4. The normalized spacial score (nSPS) is 18.5. The maximum Gasteiger partial charge on any atom is 0.255 e. The van der Waals surface area contributed by atoms with Crippen molar-refractivity contribution in [3.8, 4) is 17.2 Å². The molecule has 0 aliphatic carbocycles. The van der Waals surface area contributed by atoms with Crippen molar-refractivity contribution in [1.82, 2.24) is 21.3 Å². The van der Waals surface area contributed by atoms with Gasteiger partial charge in [-0.25, -0.2) is 0 Å². The van der Waals surface area contributed by atoms with E-state index in [9.17, 15) is 24.3 Å². The summed E-state index contributed by atoms with van der Waals surface area (Å²) in [4.78, 5) is 53.4. The van der Waals surface area contributed by atoms with Crippen molar-refractivity contribution in [2.75, 3.05) is 20.3 Å². The van der Waals surface area contributed by atoms with Crippen LogP contribution in [0.1, 0.15) is 53.6 Å². The quantitative estimate of drug-likeness (QED) is 0.285. The minimum Gasteiger partial charge on any atom is -0.508 e. The van der Waals surface area contributed by atoms with Gasteiger partial charge < -0.3 is 35.8 Å². The Hall–Kier alpha value is -5.06. The van der Waals surface area contributed by atoms with Crippen LogP contribution in [0.25, 0.3) is 0 Å². The summed E-state index contributed by atoms with van der Waals surface area (Å²) >= 11 is 0. The molecule has 0 unspecified atom stereocenters. The molecule has 45 heavy (non-hydrogen) atoms. The smallest absolute Gasteiger partial charge is 0.255 e. The van der Waals surface area contributed by atoms with Crippen LogP contribution < -0.4 is 30.7 Å². The third-order valence-corrected chi connectivity index (χ3v) is 7.42. The molecule has 3 aromatic carbocycles. The van der Waals surface area contributed by atoms with Crippen LogP contribution in [0, 0.1) is 0 Å². The molecule has 1 aliphatic heterocycles. The van der Waals surface area contributed by atoms with E-state index in [1.807, 2.05) is 0 Å². The van der Waals surface area contributed by atoms with E-state index < -0.39 is 36.2 Å². The number of aromatic hydroxyl groups is 1. The Kier molecular flexibility index (Phi) is 12.2. The van der Waals surface area contributed by atoms with Gasteiger partial charge in [0.05, 0.1) is 25.7 Å². The largest absolute Gasteiger partial charge is 0.508 e. The Labute approximate surface area is 262 Å². The summed E-state index contributed by atoms with van der Waals surface area (Å²) in [5.41, 5.74) is 1.77. The molecule has 0 aromatic heterocycles. The van der Waals surface area contributed by atoms with E-state index in [-0.39, 0.29) is 30.2 Å². The average Bonchev–Trinajstić information content (AvgIpc) is 3.05. The summed E-state index contributed by atoms with van der Waals surface area (Å²) in [7, 11) is 1.56. The monoisotopic (exact) mass is 616 g/mol. The van der Waals surface area contributed by atoms with Gasteiger partial charge in [-0.3, -0.25) is 19.2 Å². The molecule has 4 rings (SSSR count). The topological polar surface area (TPSA) is 155 Å². The SMILES string of the molecule is COc1ccc(CNC(=O)[C@@H]2CC(=O)N[C@@H](Cc3ccc(O)cc3)C(=O)NCCCCCCOc3ccccc3C(=O)N2)cc1. The molecule has 11 nitrogen and oxygen atoms in total. The molecule has 0 radical (unpaired) electrons. The molecule has 11 heteroatoms. The maximum absolute atomic E-state index is 13.4. The average molecular weight is 617 g/mol. The Balaban J connectivity index is 1.56. The number of benzene rings is 3. The number of ether oxygens (including phenoxy) is 2. The second kappa shape index (κ2) is 16.7. The molecule has 238 valence electrons. The number of methoxy groups -OCH3 is 1. The summed E-state index contributed by atoms with van der Waals surface area (Å²) in [6.45, 7) is 0.999. The Morgan fingerprint density at radius 1 is 0.911 bits per heavy atom. The lowest BCUT2D eigenvalue weighted by Crippen LogP contribution is -2.52. The van der Waals surface area contributed by atoms with Gasteiger partial charge in [-0.15, -0.1) is 0 Å². The third kappa shape index (κ3) is 10.3. The number of para-hydroxylation sites is 1. The van der Waals surface area contributed by atoms with Gasteiger partial charge in [0, 0.05) is 19.5 Å². The van der Waals surface area contributed by atoms with Crippen LogP contribution >= 0.6 is 0 Å². The summed E-state index contributed by atoms with van der Waals surface area (Å²) in [5, 5.41) is 20.8. The van der Waals surface area contributed by atoms with Crippen molar-refractivity contribution >= 4 is 23.6 Å². The molecule has 2 atom stereocenters. The standard InChI is InChI=1S/C34H40N4O7/c1-44-26-16-12-24(13-17-26)22-36-34(43)29-21-31(40)37-28(20-23-10-14-25(39)15-11-23)33(42)35-18-6-2-3-7-19-45-30-9-5-4-8-27(30)32(41)38-29/h4-5,8-17,28-29,39H,2-3,6-7,18-22H2,1H3,(H,35,42)(H,36,43)(H,37,40)(H,38,41)/t28-,29-/m0/s1. The highest BCUT2D eigenvalue weighted by Gasteiger charge is 2.28. The first-order valence-electron chi connectivity index (χ1n) is 15.1. The van der Waals surface area contributed by atoms with Crippen molar-refractivity contribution in [2.24, 2.45) is 0 Å². The number of phenolic OH excluding ortho intramolecular Hbond substituents is 1. The van der Waals surface area contributed by atoms with Gasteiger partial charge in [-0.05, 0) is 60.4 Å². The van der Waals surface area contributed by atoms with E-state index in [2.05, 4.69) is 21.3 Å². The van der Waals surface area contributed by atoms with Gasteiger partial charge in [-0.2, -0.15) is 0 Å². The molecule has 3 aromatic rings. The molecule has 0 bridgehead atoms. The molecule has 0 saturated carbocycles. The first-order chi connectivity index (χ1) is 21.8. The minimum atomic E-state index is -1.25. The molecule has 0 saturated heterocycles. The van der Waals surface area contributed by atoms with Crippen molar-refractivity contribution in [2.45, 2.75) is 57.2 Å². The highest BCUT2D eigenvalue weighted by atomic mass is 16.5. The van der Waals surface area contributed by atoms with E-state index in [0.717, 1.165) is 36.8 Å². The Morgan fingerprint density at radius 2 is 1.62 bits per heavy atom. The van der Waals surface area contributed by atoms with Crippen LogP contribution in [-0.2, 0) is 27.3 Å². The zero-order chi connectivity index (χ0) is 32.0. The van der Waals surface area contributed by atoms with Crippen molar-refractivity contribution in [3.63, 3.8) is 0 Å². The molecule has 4 amide bonds. The highest BCUT2D eigenvalue weighted by Crippen LogP contribution is 2.19. The fraction of sp³-hybridized carbons (Fsp3) is 0.353. The molecule has 0 fully saturated rings. The van der Waals surface area contributed by atoms with Crippen LogP contribution in [0.4, 0.5) is 0 Å². The van der Waals surface area contributed by atoms with Gasteiger partial charge >= 0.3 is 0 Å². The molecular weight excluding hydrogens is 576 g/mol. The van der Waals surface area contributed by atoms with Gasteiger partial charge in [0.15, 0.2) is 0 Å². The number of fused-ring (bicyclic) bond motifs is 1. The highest BCUT2D eigenvalue weighted by molar-refractivity contribution is 6.01. The van der Waals surface area contributed by atoms with E-state index in [4.69, 9.17) is 9.47 Å². The van der Waals surface area contributed by atoms with Crippen molar-refractivity contribution < 1.29 is 33.8 Å². The fourth-order valence-electron chi connectivity index (χ4n) is 4.89. The zero-order valence-electron chi connectivity index (χ0n) is 25.3. The molecule has 1 heterocycles. The predicted molar refractivity (Wildman–Crippen MR) is 168 cm³/mol. The summed E-state index contributed by atoms with van der Waals surface area (Å²) in [5.74, 6) is -0.944. The number of carbonyl (C=O) groups is 4. The van der Waals surface area contributed by atoms with Gasteiger partial charge in [0.1, 0.15) is 29.3 Å². The number of amides is 4. The number of carbonyl (C=O) groups excluding carboxylic acids is 4. The third-order valence-electron chi connectivity index (χ3n) is 7.42. The van der Waals surface area contributed by atoms with E-state index in [1.54, 1.807) is 67.8 Å². The number of hydrogen-bond acceptors (Lipinski definition) is 7. The number of phenols is 1. The van der Waals surface area contributed by atoms with E-state index in [1.165, 1.54) is 12.1 Å². The first-order valence-corrected chi connectivity index (χ1v) is 15.1. The van der Waals surface area contributed by atoms with Crippen LogP contribution in [-0.4, -0.2) is 61.1 Å².